The second-order valence-corrected chi connectivity index (χ2v) is 16.6. The van der Waals surface area contributed by atoms with Gasteiger partial charge in [0.15, 0.2) is 0 Å². The van der Waals surface area contributed by atoms with Gasteiger partial charge in [0.1, 0.15) is 0 Å². The molecule has 0 heterocycles. The molecule has 218 valence electrons. The molecule has 3 aromatic rings. The SMILES string of the molecule is CC1=[C-]C(C)(C)c2cc3c(cc21)-c1cc2c(cc1C3)C(C)(C)C=C2C.C[C](C)=[Zr+2].Cc1cc(C(C)(C)C)c[cH-]1.[Cl-].[Cl-]. The van der Waals surface area contributed by atoms with Crippen molar-refractivity contribution in [2.24, 2.45) is 0 Å². The molecule has 0 saturated heterocycles. The summed E-state index contributed by atoms with van der Waals surface area (Å²) in [4.78, 5) is 0. The van der Waals surface area contributed by atoms with Gasteiger partial charge in [-0.05, 0) is 58.4 Å². The zero-order valence-corrected chi connectivity index (χ0v) is 31.1. The Balaban J connectivity index is 0.000000310. The summed E-state index contributed by atoms with van der Waals surface area (Å²) < 4.78 is 1.51. The molecule has 0 aliphatic heterocycles. The van der Waals surface area contributed by atoms with Gasteiger partial charge in [0.2, 0.25) is 0 Å². The van der Waals surface area contributed by atoms with Gasteiger partial charge in [-0.2, -0.15) is 28.8 Å². The fourth-order valence-corrected chi connectivity index (χ4v) is 6.30. The summed E-state index contributed by atoms with van der Waals surface area (Å²) in [5.41, 5.74) is 17.7. The number of allylic oxidation sites excluding steroid dienone is 4. The Kier molecular flexibility index (Phi) is 11.1. The zero-order valence-electron chi connectivity index (χ0n) is 27.1. The largest absolute Gasteiger partial charge is 1.00 e. The van der Waals surface area contributed by atoms with E-state index in [4.69, 9.17) is 0 Å². The third-order valence-corrected chi connectivity index (χ3v) is 8.21. The molecule has 0 spiro atoms. The van der Waals surface area contributed by atoms with E-state index in [1.807, 2.05) is 0 Å². The standard InChI is InChI=1S/C25H25.C10H15.C3H6.2ClH.Zr/c1-14-12-24(3,4)22-8-16-7-17-9-23-19(15(2)13-25(23,5)6)11-21(17)20(16)10-18(14)22;1-8-5-6-9(7-8)10(2,3)4;1-3-2;;;/h8-12H,7H2,1-6H3;5-7H,1-4H3;1-2H3;2*1H;/q2*-1;;;;+2/p-2. The first kappa shape index (κ1) is 35.8. The third-order valence-electron chi connectivity index (χ3n) is 8.21. The number of rotatable bonds is 0. The zero-order chi connectivity index (χ0) is 29.1. The quantitative estimate of drug-likeness (QED) is 0.247. The van der Waals surface area contributed by atoms with Crippen LogP contribution < -0.4 is 24.8 Å². The number of hydrogen-bond acceptors (Lipinski definition) is 0. The number of aryl methyl sites for hydroxylation is 1. The summed E-state index contributed by atoms with van der Waals surface area (Å²) >= 11 is 1.55. The Morgan fingerprint density at radius 3 is 1.78 bits per heavy atom. The van der Waals surface area contributed by atoms with Crippen LogP contribution in [0.1, 0.15) is 121 Å². The van der Waals surface area contributed by atoms with E-state index in [0.717, 1.165) is 6.42 Å². The van der Waals surface area contributed by atoms with Gasteiger partial charge in [0.05, 0.1) is 0 Å². The minimum absolute atomic E-state index is 0. The second kappa shape index (κ2) is 12.7. The van der Waals surface area contributed by atoms with Gasteiger partial charge in [0.25, 0.3) is 0 Å². The van der Waals surface area contributed by atoms with E-state index >= 15 is 0 Å². The molecule has 0 unspecified atom stereocenters. The normalized spacial score (nSPS) is 16.1. The van der Waals surface area contributed by atoms with Gasteiger partial charge in [-0.15, -0.1) is 11.6 Å². The molecular weight excluding hydrogens is 619 g/mol. The molecule has 41 heavy (non-hydrogen) atoms. The van der Waals surface area contributed by atoms with Crippen molar-refractivity contribution in [3.05, 3.63) is 99.1 Å². The molecule has 0 bridgehead atoms. The van der Waals surface area contributed by atoms with Crippen LogP contribution in [0.15, 0.2) is 48.5 Å². The van der Waals surface area contributed by atoms with Crippen molar-refractivity contribution < 1.29 is 49.0 Å². The minimum Gasteiger partial charge on any atom is -1.00 e. The summed E-state index contributed by atoms with van der Waals surface area (Å²) in [7, 11) is 0. The maximum Gasteiger partial charge on any atom is -0.0635 e. The van der Waals surface area contributed by atoms with Crippen LogP contribution in [0.25, 0.3) is 22.3 Å². The van der Waals surface area contributed by atoms with Gasteiger partial charge >= 0.3 is 41.3 Å². The van der Waals surface area contributed by atoms with Gasteiger partial charge < -0.3 is 24.8 Å². The third kappa shape index (κ3) is 7.40. The van der Waals surface area contributed by atoms with E-state index in [1.54, 1.807) is 24.2 Å². The Morgan fingerprint density at radius 1 is 0.805 bits per heavy atom. The summed E-state index contributed by atoms with van der Waals surface area (Å²) in [6.45, 7) is 26.8. The smallest absolute Gasteiger partial charge is 0.0635 e. The average molecular weight is 665 g/mol. The molecule has 3 aromatic carbocycles. The van der Waals surface area contributed by atoms with Crippen LogP contribution >= 0.6 is 0 Å². The first-order valence-electron chi connectivity index (χ1n) is 14.3. The number of hydrogen-bond donors (Lipinski definition) is 0. The molecule has 3 aliphatic rings. The molecule has 0 radical (unpaired) electrons. The van der Waals surface area contributed by atoms with Crippen molar-refractivity contribution in [2.45, 2.75) is 106 Å². The van der Waals surface area contributed by atoms with Crippen molar-refractivity contribution in [1.29, 1.82) is 0 Å². The van der Waals surface area contributed by atoms with Crippen LogP contribution in [0.5, 0.6) is 0 Å². The molecule has 0 saturated carbocycles. The number of fused-ring (bicyclic) bond motifs is 5. The van der Waals surface area contributed by atoms with Crippen LogP contribution in [0.2, 0.25) is 0 Å². The Morgan fingerprint density at radius 2 is 1.32 bits per heavy atom. The maximum atomic E-state index is 3.65. The molecular formula is C38H46Cl2Zr-2. The van der Waals surface area contributed by atoms with Crippen LogP contribution in [-0.4, -0.2) is 3.21 Å². The average Bonchev–Trinajstić information content (AvgIpc) is 3.49. The van der Waals surface area contributed by atoms with Crippen molar-refractivity contribution >= 4 is 14.4 Å². The van der Waals surface area contributed by atoms with Gasteiger partial charge in [-0.25, -0.2) is 11.6 Å². The molecule has 0 N–H and O–H groups in total. The predicted molar refractivity (Wildman–Crippen MR) is 169 cm³/mol. The molecule has 0 atom stereocenters. The van der Waals surface area contributed by atoms with E-state index in [2.05, 4.69) is 138 Å². The van der Waals surface area contributed by atoms with E-state index in [-0.39, 0.29) is 35.6 Å². The van der Waals surface area contributed by atoms with Gasteiger partial charge in [-0.1, -0.05) is 91.4 Å². The van der Waals surface area contributed by atoms with Crippen molar-refractivity contribution in [3.63, 3.8) is 0 Å². The predicted octanol–water partition coefficient (Wildman–Crippen LogP) is 4.21. The first-order valence-corrected chi connectivity index (χ1v) is 15.6. The molecule has 3 aliphatic carbocycles. The monoisotopic (exact) mass is 662 g/mol. The molecule has 3 heteroatoms. The van der Waals surface area contributed by atoms with Crippen LogP contribution in [0.4, 0.5) is 0 Å². The van der Waals surface area contributed by atoms with Crippen molar-refractivity contribution in [3.8, 4) is 11.1 Å². The van der Waals surface area contributed by atoms with E-state index < -0.39 is 0 Å². The van der Waals surface area contributed by atoms with Crippen molar-refractivity contribution in [2.75, 3.05) is 0 Å². The van der Waals surface area contributed by atoms with Gasteiger partial charge in [-0.3, -0.25) is 6.08 Å². The molecule has 0 aromatic heterocycles. The van der Waals surface area contributed by atoms with E-state index in [0.29, 0.717) is 5.41 Å². The molecule has 0 nitrogen and oxygen atoms in total. The number of halogens is 2. The number of benzene rings is 2. The Labute approximate surface area is 277 Å². The van der Waals surface area contributed by atoms with Crippen LogP contribution in [0, 0.1) is 13.0 Å². The summed E-state index contributed by atoms with van der Waals surface area (Å²) in [6.07, 6.45) is 7.13. The molecule has 6 rings (SSSR count). The minimum atomic E-state index is 0. The fourth-order valence-electron chi connectivity index (χ4n) is 6.30. The second-order valence-electron chi connectivity index (χ2n) is 14.1. The fraction of sp³-hybridized carbons (Fsp3) is 0.421. The Bertz CT molecular complexity index is 1430. The van der Waals surface area contributed by atoms with Gasteiger partial charge in [0, 0.05) is 5.41 Å². The van der Waals surface area contributed by atoms with Crippen LogP contribution in [-0.2, 0) is 46.9 Å². The van der Waals surface area contributed by atoms with E-state index in [9.17, 15) is 0 Å². The summed E-state index contributed by atoms with van der Waals surface area (Å²) in [5, 5.41) is 0. The Hall–Kier alpha value is -1.40. The summed E-state index contributed by atoms with van der Waals surface area (Å²) in [6, 6.07) is 16.4. The topological polar surface area (TPSA) is 0 Å². The van der Waals surface area contributed by atoms with E-state index in [1.165, 1.54) is 70.0 Å². The molecule has 0 amide bonds. The van der Waals surface area contributed by atoms with Crippen molar-refractivity contribution in [1.82, 2.24) is 0 Å². The van der Waals surface area contributed by atoms with Crippen LogP contribution in [0.3, 0.4) is 0 Å². The summed E-state index contributed by atoms with van der Waals surface area (Å²) in [5.74, 6) is 0. The maximum absolute atomic E-state index is 3.65. The molecule has 0 fully saturated rings. The first-order chi connectivity index (χ1) is 17.9.